The zero-order valence-electron chi connectivity index (χ0n) is 15.8. The van der Waals surface area contributed by atoms with Crippen molar-refractivity contribution >= 4 is 35.8 Å². The average molecular weight is 428 g/mol. The monoisotopic (exact) mass is 427 g/mol. The Morgan fingerprint density at radius 3 is 2.31 bits per heavy atom. The lowest BCUT2D eigenvalue weighted by Gasteiger charge is -2.12. The van der Waals surface area contributed by atoms with Gasteiger partial charge in [0.2, 0.25) is 0 Å². The maximum absolute atomic E-state index is 5.96. The first-order chi connectivity index (χ1) is 13.3. The van der Waals surface area contributed by atoms with Crippen LogP contribution in [0.25, 0.3) is 11.0 Å². The van der Waals surface area contributed by atoms with E-state index in [9.17, 15) is 0 Å². The van der Waals surface area contributed by atoms with E-state index < -0.39 is 0 Å². The van der Waals surface area contributed by atoms with Crippen molar-refractivity contribution in [2.24, 2.45) is 0 Å². The van der Waals surface area contributed by atoms with Gasteiger partial charge >= 0.3 is 0 Å². The Bertz CT molecular complexity index is 1050. The van der Waals surface area contributed by atoms with Gasteiger partial charge in [-0.15, -0.1) is 24.8 Å². The predicted octanol–water partition coefficient (Wildman–Crippen LogP) is 5.46. The summed E-state index contributed by atoms with van der Waals surface area (Å²) >= 11 is 0. The van der Waals surface area contributed by atoms with Crippen LogP contribution in [0.15, 0.2) is 73.1 Å². The topological polar surface area (TPSA) is 49.9 Å². The molecule has 5 rings (SSSR count). The van der Waals surface area contributed by atoms with E-state index in [0.717, 1.165) is 41.9 Å². The van der Waals surface area contributed by atoms with Crippen molar-refractivity contribution in [3.63, 3.8) is 0 Å². The summed E-state index contributed by atoms with van der Waals surface area (Å²) in [6, 6.07) is 23.4. The highest BCUT2D eigenvalue weighted by Gasteiger charge is 2.19. The number of hydrogen-bond donors (Lipinski definition) is 2. The number of hydrogen-bond acceptors (Lipinski definition) is 3. The van der Waals surface area contributed by atoms with E-state index in [1.54, 1.807) is 6.33 Å². The molecule has 0 unspecified atom stereocenters. The molecule has 3 aromatic carbocycles. The maximum atomic E-state index is 5.96. The molecule has 150 valence electrons. The second-order valence-corrected chi connectivity index (χ2v) is 7.08. The van der Waals surface area contributed by atoms with Crippen LogP contribution in [0.2, 0.25) is 0 Å². The summed E-state index contributed by atoms with van der Waals surface area (Å²) in [5.74, 6) is 1.63. The molecule has 0 saturated carbocycles. The van der Waals surface area contributed by atoms with E-state index in [-0.39, 0.29) is 24.8 Å². The van der Waals surface area contributed by atoms with Gasteiger partial charge in [-0.2, -0.15) is 0 Å². The first kappa shape index (κ1) is 21.2. The normalized spacial score (nSPS) is 12.8. The molecule has 1 aliphatic rings. The van der Waals surface area contributed by atoms with Gasteiger partial charge in [-0.25, -0.2) is 4.98 Å². The highest BCUT2D eigenvalue weighted by atomic mass is 35.5. The van der Waals surface area contributed by atoms with Gasteiger partial charge < -0.3 is 15.0 Å². The molecule has 0 amide bonds. The molecular weight excluding hydrogens is 405 g/mol. The van der Waals surface area contributed by atoms with E-state index in [4.69, 9.17) is 4.74 Å². The highest BCUT2D eigenvalue weighted by Crippen LogP contribution is 2.25. The Labute approximate surface area is 182 Å². The summed E-state index contributed by atoms with van der Waals surface area (Å²) in [6.07, 6.45) is 3.93. The standard InChI is InChI=1S/C23H21N3O.2ClH/c1-2-4-18-12-19(11-17(18)3-1)24-14-16-5-7-20(8-6-16)27-21-9-10-22-23(13-21)26-15-25-22;;/h1-10,13,15,19,24H,11-12,14H2,(H,25,26);2*1H. The van der Waals surface area contributed by atoms with Crippen LogP contribution in [0.5, 0.6) is 11.5 Å². The minimum absolute atomic E-state index is 0. The number of aromatic amines is 1. The highest BCUT2D eigenvalue weighted by molar-refractivity contribution is 5.85. The smallest absolute Gasteiger partial charge is 0.129 e. The summed E-state index contributed by atoms with van der Waals surface area (Å²) in [5, 5.41) is 3.68. The molecule has 0 spiro atoms. The molecule has 0 saturated heterocycles. The Kier molecular flexibility index (Phi) is 6.80. The molecule has 1 aliphatic carbocycles. The third-order valence-electron chi connectivity index (χ3n) is 5.20. The second kappa shape index (κ2) is 9.31. The number of benzene rings is 3. The van der Waals surface area contributed by atoms with Gasteiger partial charge in [0.25, 0.3) is 0 Å². The van der Waals surface area contributed by atoms with Crippen LogP contribution in [0, 0.1) is 0 Å². The van der Waals surface area contributed by atoms with Crippen LogP contribution in [-0.2, 0) is 19.4 Å². The van der Waals surface area contributed by atoms with Gasteiger partial charge in [0.1, 0.15) is 11.5 Å². The lowest BCUT2D eigenvalue weighted by Crippen LogP contribution is -2.28. The number of rotatable bonds is 5. The quantitative estimate of drug-likeness (QED) is 0.444. The lowest BCUT2D eigenvalue weighted by molar-refractivity contribution is 0.482. The summed E-state index contributed by atoms with van der Waals surface area (Å²) < 4.78 is 5.96. The van der Waals surface area contributed by atoms with E-state index >= 15 is 0 Å². The molecular formula is C23H23Cl2N3O. The molecule has 4 nitrogen and oxygen atoms in total. The van der Waals surface area contributed by atoms with Crippen molar-refractivity contribution in [3.05, 3.63) is 89.7 Å². The van der Waals surface area contributed by atoms with E-state index in [1.165, 1.54) is 16.7 Å². The zero-order chi connectivity index (χ0) is 18.1. The maximum Gasteiger partial charge on any atom is 0.129 e. The van der Waals surface area contributed by atoms with Gasteiger partial charge in [-0.1, -0.05) is 36.4 Å². The number of aromatic nitrogens is 2. The summed E-state index contributed by atoms with van der Waals surface area (Å²) in [5.41, 5.74) is 6.14. The van der Waals surface area contributed by atoms with Crippen molar-refractivity contribution in [3.8, 4) is 11.5 Å². The number of H-pyrrole nitrogens is 1. The van der Waals surface area contributed by atoms with Crippen LogP contribution < -0.4 is 10.1 Å². The fourth-order valence-corrected chi connectivity index (χ4v) is 3.75. The number of nitrogens with zero attached hydrogens (tertiary/aromatic N) is 1. The summed E-state index contributed by atoms with van der Waals surface area (Å²) in [4.78, 5) is 7.36. The Hall–Kier alpha value is -2.53. The fourth-order valence-electron chi connectivity index (χ4n) is 3.75. The van der Waals surface area contributed by atoms with Crippen molar-refractivity contribution in [1.82, 2.24) is 15.3 Å². The number of nitrogens with one attached hydrogen (secondary N) is 2. The molecule has 0 aliphatic heterocycles. The predicted molar refractivity (Wildman–Crippen MR) is 122 cm³/mol. The van der Waals surface area contributed by atoms with Crippen LogP contribution in [0.3, 0.4) is 0 Å². The van der Waals surface area contributed by atoms with Gasteiger partial charge in [0.15, 0.2) is 0 Å². The van der Waals surface area contributed by atoms with Gasteiger partial charge in [-0.3, -0.25) is 0 Å². The third-order valence-corrected chi connectivity index (χ3v) is 5.20. The van der Waals surface area contributed by atoms with Gasteiger partial charge in [0.05, 0.1) is 17.4 Å². The zero-order valence-corrected chi connectivity index (χ0v) is 17.4. The SMILES string of the molecule is Cl.Cl.c1ccc2c(c1)CC(NCc1ccc(Oc3ccc4[nH]cnc4c3)cc1)C2. The van der Waals surface area contributed by atoms with Crippen LogP contribution in [0.4, 0.5) is 0 Å². The molecule has 4 aromatic rings. The van der Waals surface area contributed by atoms with E-state index in [1.807, 2.05) is 30.3 Å². The average Bonchev–Trinajstić information content (AvgIpc) is 3.33. The number of imidazole rings is 1. The van der Waals surface area contributed by atoms with Crippen LogP contribution in [-0.4, -0.2) is 16.0 Å². The van der Waals surface area contributed by atoms with Gasteiger partial charge in [-0.05, 0) is 53.8 Å². The van der Waals surface area contributed by atoms with Crippen molar-refractivity contribution in [2.45, 2.75) is 25.4 Å². The Balaban J connectivity index is 0.00000120. The Morgan fingerprint density at radius 2 is 1.59 bits per heavy atom. The molecule has 1 aromatic heterocycles. The molecule has 0 atom stereocenters. The Morgan fingerprint density at radius 1 is 0.897 bits per heavy atom. The van der Waals surface area contributed by atoms with Crippen molar-refractivity contribution < 1.29 is 4.74 Å². The molecule has 6 heteroatoms. The van der Waals surface area contributed by atoms with Crippen molar-refractivity contribution in [1.29, 1.82) is 0 Å². The van der Waals surface area contributed by atoms with Crippen LogP contribution in [0.1, 0.15) is 16.7 Å². The molecule has 0 fully saturated rings. The van der Waals surface area contributed by atoms with Crippen molar-refractivity contribution in [2.75, 3.05) is 0 Å². The first-order valence-corrected chi connectivity index (χ1v) is 9.33. The van der Waals surface area contributed by atoms with Gasteiger partial charge in [0, 0.05) is 18.7 Å². The second-order valence-electron chi connectivity index (χ2n) is 7.08. The first-order valence-electron chi connectivity index (χ1n) is 9.33. The summed E-state index contributed by atoms with van der Waals surface area (Å²) in [6.45, 7) is 0.873. The number of ether oxygens (including phenoxy) is 1. The fraction of sp³-hybridized carbons (Fsp3) is 0.174. The minimum atomic E-state index is 0. The molecule has 29 heavy (non-hydrogen) atoms. The summed E-state index contributed by atoms with van der Waals surface area (Å²) in [7, 11) is 0. The van der Waals surface area contributed by atoms with E-state index in [2.05, 4.69) is 51.7 Å². The molecule has 0 bridgehead atoms. The van der Waals surface area contributed by atoms with Crippen LogP contribution >= 0.6 is 24.8 Å². The number of fused-ring (bicyclic) bond motifs is 2. The lowest BCUT2D eigenvalue weighted by atomic mass is 10.1. The minimum Gasteiger partial charge on any atom is -0.457 e. The third kappa shape index (κ3) is 4.73. The molecule has 0 radical (unpaired) electrons. The molecule has 2 N–H and O–H groups in total. The number of halogens is 2. The molecule has 1 heterocycles. The largest absolute Gasteiger partial charge is 0.457 e. The van der Waals surface area contributed by atoms with E-state index in [0.29, 0.717) is 6.04 Å².